The van der Waals surface area contributed by atoms with Gasteiger partial charge in [-0.1, -0.05) is 23.8 Å². The number of rotatable bonds is 4. The molecule has 3 aliphatic rings. The first-order chi connectivity index (χ1) is 10.2. The summed E-state index contributed by atoms with van der Waals surface area (Å²) in [5.74, 6) is 0.270. The first-order valence-electron chi connectivity index (χ1n) is 7.21. The van der Waals surface area contributed by atoms with Crippen LogP contribution in [0.15, 0.2) is 47.2 Å². The first-order valence-corrected chi connectivity index (χ1v) is 7.21. The second-order valence-electron chi connectivity index (χ2n) is 5.74. The van der Waals surface area contributed by atoms with Crippen molar-refractivity contribution in [1.82, 2.24) is 16.2 Å². The number of hydrogen-bond acceptors (Lipinski definition) is 3. The SMILES string of the molecule is O=C(NCCc1ccc(F)cc1)C1=C2C=C3CC3C2NN1. The smallest absolute Gasteiger partial charge is 0.269 e. The molecule has 0 radical (unpaired) electrons. The van der Waals surface area contributed by atoms with Crippen LogP contribution in [0, 0.1) is 11.7 Å². The summed E-state index contributed by atoms with van der Waals surface area (Å²) in [4.78, 5) is 12.2. The standard InChI is InChI=1S/C16H16FN3O/c17-11-3-1-9(2-4-11)5-6-18-16(21)15-13-8-10-7-12(10)14(13)19-20-15/h1-4,8,12,14,19-20H,5-7H2,(H,18,21). The van der Waals surface area contributed by atoms with Crippen molar-refractivity contribution in [2.24, 2.45) is 5.92 Å². The summed E-state index contributed by atoms with van der Waals surface area (Å²) < 4.78 is 12.8. The predicted octanol–water partition coefficient (Wildman–Crippen LogP) is 1.17. The highest BCUT2D eigenvalue weighted by Crippen LogP contribution is 2.50. The molecule has 1 saturated carbocycles. The molecule has 2 aliphatic carbocycles. The molecular weight excluding hydrogens is 269 g/mol. The third kappa shape index (κ3) is 2.23. The maximum atomic E-state index is 12.8. The third-order valence-electron chi connectivity index (χ3n) is 4.33. The average Bonchev–Trinajstić information content (AvgIpc) is 2.96. The Morgan fingerprint density at radius 2 is 2.14 bits per heavy atom. The second kappa shape index (κ2) is 4.70. The summed E-state index contributed by atoms with van der Waals surface area (Å²) in [6, 6.07) is 6.63. The van der Waals surface area contributed by atoms with E-state index in [1.807, 2.05) is 0 Å². The number of halogens is 1. The van der Waals surface area contributed by atoms with E-state index in [0.29, 0.717) is 24.6 Å². The summed E-state index contributed by atoms with van der Waals surface area (Å²) in [5.41, 5.74) is 10.3. The highest BCUT2D eigenvalue weighted by molar-refractivity contribution is 5.95. The van der Waals surface area contributed by atoms with Gasteiger partial charge in [0.1, 0.15) is 11.5 Å². The number of nitrogens with one attached hydrogen (secondary N) is 3. The van der Waals surface area contributed by atoms with Gasteiger partial charge in [0.2, 0.25) is 0 Å². The number of hydrazine groups is 1. The van der Waals surface area contributed by atoms with Gasteiger partial charge < -0.3 is 10.7 Å². The molecule has 2 atom stereocenters. The third-order valence-corrected chi connectivity index (χ3v) is 4.33. The van der Waals surface area contributed by atoms with Gasteiger partial charge in [-0.05, 0) is 30.5 Å². The molecular formula is C16H16FN3O. The molecule has 0 spiro atoms. The highest BCUT2D eigenvalue weighted by atomic mass is 19.1. The zero-order valence-electron chi connectivity index (χ0n) is 11.4. The summed E-state index contributed by atoms with van der Waals surface area (Å²) in [7, 11) is 0. The van der Waals surface area contributed by atoms with E-state index >= 15 is 0 Å². The molecule has 1 fully saturated rings. The molecule has 4 nitrogen and oxygen atoms in total. The van der Waals surface area contributed by atoms with Gasteiger partial charge in [-0.3, -0.25) is 4.79 Å². The van der Waals surface area contributed by atoms with Crippen molar-refractivity contribution in [3.8, 4) is 0 Å². The van der Waals surface area contributed by atoms with E-state index in [0.717, 1.165) is 17.6 Å². The van der Waals surface area contributed by atoms with Crippen LogP contribution in [-0.2, 0) is 11.2 Å². The maximum absolute atomic E-state index is 12.8. The lowest BCUT2D eigenvalue weighted by molar-refractivity contribution is -0.117. The minimum absolute atomic E-state index is 0.0831. The van der Waals surface area contributed by atoms with E-state index in [4.69, 9.17) is 0 Å². The molecule has 0 saturated heterocycles. The normalized spacial score (nSPS) is 25.1. The van der Waals surface area contributed by atoms with Crippen LogP contribution < -0.4 is 16.2 Å². The Morgan fingerprint density at radius 1 is 1.33 bits per heavy atom. The summed E-state index contributed by atoms with van der Waals surface area (Å²) >= 11 is 0. The molecule has 0 bridgehead atoms. The minimum Gasteiger partial charge on any atom is -0.350 e. The van der Waals surface area contributed by atoms with Gasteiger partial charge in [0.05, 0.1) is 6.04 Å². The van der Waals surface area contributed by atoms with Crippen molar-refractivity contribution < 1.29 is 9.18 Å². The van der Waals surface area contributed by atoms with Crippen molar-refractivity contribution in [3.05, 3.63) is 58.6 Å². The van der Waals surface area contributed by atoms with Crippen LogP contribution in [0.1, 0.15) is 12.0 Å². The molecule has 21 heavy (non-hydrogen) atoms. The molecule has 1 aliphatic heterocycles. The monoisotopic (exact) mass is 285 g/mol. The molecule has 1 amide bonds. The number of carbonyl (C=O) groups is 1. The summed E-state index contributed by atoms with van der Waals surface area (Å²) in [5, 5.41) is 2.91. The van der Waals surface area contributed by atoms with Gasteiger partial charge in [-0.25, -0.2) is 9.82 Å². The Balaban J connectivity index is 1.35. The number of amides is 1. The van der Waals surface area contributed by atoms with Crippen LogP contribution in [0.4, 0.5) is 4.39 Å². The molecule has 108 valence electrons. The number of carbonyl (C=O) groups excluding carboxylic acids is 1. The minimum atomic E-state index is -0.241. The topological polar surface area (TPSA) is 53.2 Å². The van der Waals surface area contributed by atoms with Crippen molar-refractivity contribution in [1.29, 1.82) is 0 Å². The highest BCUT2D eigenvalue weighted by Gasteiger charge is 2.48. The van der Waals surface area contributed by atoms with Crippen molar-refractivity contribution in [2.75, 3.05) is 6.54 Å². The number of benzene rings is 1. The van der Waals surface area contributed by atoms with Crippen LogP contribution >= 0.6 is 0 Å². The summed E-state index contributed by atoms with van der Waals surface area (Å²) in [6.07, 6.45) is 3.98. The van der Waals surface area contributed by atoms with Gasteiger partial charge in [0.15, 0.2) is 0 Å². The summed E-state index contributed by atoms with van der Waals surface area (Å²) in [6.45, 7) is 0.535. The molecule has 5 heteroatoms. The van der Waals surface area contributed by atoms with Crippen LogP contribution in [0.5, 0.6) is 0 Å². The van der Waals surface area contributed by atoms with Crippen molar-refractivity contribution >= 4 is 5.91 Å². The molecule has 1 aromatic rings. The lowest BCUT2D eigenvalue weighted by Crippen LogP contribution is -2.37. The van der Waals surface area contributed by atoms with Gasteiger partial charge in [-0.2, -0.15) is 0 Å². The molecule has 4 rings (SSSR count). The molecule has 1 heterocycles. The van der Waals surface area contributed by atoms with E-state index in [1.165, 1.54) is 17.7 Å². The van der Waals surface area contributed by atoms with E-state index in [9.17, 15) is 9.18 Å². The quantitative estimate of drug-likeness (QED) is 0.778. The van der Waals surface area contributed by atoms with Gasteiger partial charge in [0.25, 0.3) is 5.91 Å². The van der Waals surface area contributed by atoms with Crippen molar-refractivity contribution in [2.45, 2.75) is 18.9 Å². The fourth-order valence-corrected chi connectivity index (χ4v) is 3.07. The average molecular weight is 285 g/mol. The zero-order chi connectivity index (χ0) is 14.4. The molecule has 2 unspecified atom stereocenters. The Kier molecular flexibility index (Phi) is 2.82. The van der Waals surface area contributed by atoms with E-state index in [-0.39, 0.29) is 17.8 Å². The van der Waals surface area contributed by atoms with E-state index in [1.54, 1.807) is 12.1 Å². The van der Waals surface area contributed by atoms with Gasteiger partial charge >= 0.3 is 0 Å². The van der Waals surface area contributed by atoms with Crippen LogP contribution in [0.2, 0.25) is 0 Å². The second-order valence-corrected chi connectivity index (χ2v) is 5.74. The number of hydrogen-bond donors (Lipinski definition) is 3. The van der Waals surface area contributed by atoms with Crippen LogP contribution in [0.3, 0.4) is 0 Å². The fourth-order valence-electron chi connectivity index (χ4n) is 3.07. The molecule has 3 N–H and O–H groups in total. The predicted molar refractivity (Wildman–Crippen MR) is 76.4 cm³/mol. The Hall–Kier alpha value is -2.14. The Morgan fingerprint density at radius 3 is 2.95 bits per heavy atom. The number of fused-ring (bicyclic) bond motifs is 3. The van der Waals surface area contributed by atoms with E-state index < -0.39 is 0 Å². The van der Waals surface area contributed by atoms with Crippen LogP contribution in [-0.4, -0.2) is 18.5 Å². The van der Waals surface area contributed by atoms with Gasteiger partial charge in [-0.15, -0.1) is 0 Å². The Labute approximate surface area is 122 Å². The van der Waals surface area contributed by atoms with Crippen LogP contribution in [0.25, 0.3) is 0 Å². The lowest BCUT2D eigenvalue weighted by Gasteiger charge is -2.07. The Bertz CT molecular complexity index is 663. The zero-order valence-corrected chi connectivity index (χ0v) is 11.4. The van der Waals surface area contributed by atoms with Gasteiger partial charge in [0, 0.05) is 18.0 Å². The fraction of sp³-hybridized carbons (Fsp3) is 0.312. The largest absolute Gasteiger partial charge is 0.350 e. The molecule has 0 aromatic heterocycles. The lowest BCUT2D eigenvalue weighted by atomic mass is 10.1. The van der Waals surface area contributed by atoms with Crippen molar-refractivity contribution in [3.63, 3.8) is 0 Å². The first kappa shape index (κ1) is 12.6. The maximum Gasteiger partial charge on any atom is 0.269 e. The molecule has 1 aromatic carbocycles. The van der Waals surface area contributed by atoms with E-state index in [2.05, 4.69) is 22.2 Å².